The van der Waals surface area contributed by atoms with Crippen LogP contribution in [0.1, 0.15) is 31.4 Å². The van der Waals surface area contributed by atoms with Gasteiger partial charge in [-0.3, -0.25) is 4.79 Å². The van der Waals surface area contributed by atoms with Crippen LogP contribution in [0.5, 0.6) is 0 Å². The number of rotatable bonds is 4. The van der Waals surface area contributed by atoms with Crippen molar-refractivity contribution in [3.8, 4) is 0 Å². The summed E-state index contributed by atoms with van der Waals surface area (Å²) in [6.45, 7) is 2.74. The van der Waals surface area contributed by atoms with Crippen molar-refractivity contribution in [2.45, 2.75) is 38.7 Å². The predicted molar refractivity (Wildman–Crippen MR) is 84.2 cm³/mol. The van der Waals surface area contributed by atoms with Crippen LogP contribution in [0.2, 0.25) is 5.02 Å². The Balaban J connectivity index is 1.87. The molecule has 120 valence electrons. The lowest BCUT2D eigenvalue weighted by Crippen LogP contribution is -2.56. The van der Waals surface area contributed by atoms with Crippen molar-refractivity contribution in [1.82, 2.24) is 4.98 Å². The molecule has 1 saturated heterocycles. The molecular formula is C16H21ClN2O3. The maximum Gasteiger partial charge on any atom is 0.314 e. The number of aliphatic hydroxyl groups excluding tert-OH is 1. The van der Waals surface area contributed by atoms with E-state index in [1.54, 1.807) is 6.07 Å². The van der Waals surface area contributed by atoms with E-state index in [0.29, 0.717) is 36.9 Å². The highest BCUT2D eigenvalue weighted by molar-refractivity contribution is 6.31. The highest BCUT2D eigenvalue weighted by Crippen LogP contribution is 2.45. The number of halogens is 1. The van der Waals surface area contributed by atoms with Gasteiger partial charge in [-0.15, -0.1) is 0 Å². The first-order valence-electron chi connectivity index (χ1n) is 7.72. The van der Waals surface area contributed by atoms with Crippen molar-refractivity contribution >= 4 is 23.4 Å². The number of carboxylic acid groups (broad SMARTS) is 1. The molecule has 22 heavy (non-hydrogen) atoms. The van der Waals surface area contributed by atoms with Gasteiger partial charge in [-0.2, -0.15) is 0 Å². The topological polar surface area (TPSA) is 73.7 Å². The fraction of sp³-hybridized carbons (Fsp3) is 0.625. The average Bonchev–Trinajstić information content (AvgIpc) is 3.28. The van der Waals surface area contributed by atoms with E-state index in [-0.39, 0.29) is 0 Å². The third-order valence-corrected chi connectivity index (χ3v) is 5.29. The summed E-state index contributed by atoms with van der Waals surface area (Å²) in [5, 5.41) is 20.8. The lowest BCUT2D eigenvalue weighted by Gasteiger charge is -2.44. The standard InChI is InChI=1S/C16H21ClN2O3/c1-10-12(17)4-5-14(18-10)19-7-6-13(20)16(9-19,15(21)22)8-11-2-3-11/h4-5,11,13,20H,2-3,6-9H2,1H3,(H,21,22)/t13-,16+/m1/s1. The van der Waals surface area contributed by atoms with E-state index in [1.807, 2.05) is 17.9 Å². The zero-order valence-corrected chi connectivity index (χ0v) is 13.4. The van der Waals surface area contributed by atoms with E-state index in [9.17, 15) is 15.0 Å². The molecule has 1 aliphatic heterocycles. The van der Waals surface area contributed by atoms with E-state index < -0.39 is 17.5 Å². The molecule has 2 aliphatic rings. The minimum Gasteiger partial charge on any atom is -0.481 e. The fourth-order valence-electron chi connectivity index (χ4n) is 3.32. The maximum atomic E-state index is 11.9. The number of piperidine rings is 1. The van der Waals surface area contributed by atoms with Crippen LogP contribution in [0.4, 0.5) is 5.82 Å². The van der Waals surface area contributed by atoms with Crippen molar-refractivity contribution in [3.63, 3.8) is 0 Å². The Morgan fingerprint density at radius 1 is 1.45 bits per heavy atom. The second-order valence-corrected chi connectivity index (χ2v) is 6.98. The van der Waals surface area contributed by atoms with Gasteiger partial charge in [-0.1, -0.05) is 24.4 Å². The Morgan fingerprint density at radius 3 is 2.77 bits per heavy atom. The van der Waals surface area contributed by atoms with Gasteiger partial charge < -0.3 is 15.1 Å². The summed E-state index contributed by atoms with van der Waals surface area (Å²) < 4.78 is 0. The summed E-state index contributed by atoms with van der Waals surface area (Å²) in [5.41, 5.74) is -0.359. The first-order valence-corrected chi connectivity index (χ1v) is 8.10. The van der Waals surface area contributed by atoms with E-state index >= 15 is 0 Å². The van der Waals surface area contributed by atoms with Gasteiger partial charge in [0, 0.05) is 13.1 Å². The average molecular weight is 325 g/mol. The maximum absolute atomic E-state index is 11.9. The lowest BCUT2D eigenvalue weighted by molar-refractivity contribution is -0.158. The van der Waals surface area contributed by atoms with Crippen LogP contribution in [0, 0.1) is 18.3 Å². The van der Waals surface area contributed by atoms with Gasteiger partial charge in [-0.05, 0) is 37.8 Å². The molecule has 3 rings (SSSR count). The van der Waals surface area contributed by atoms with Gasteiger partial charge in [0.2, 0.25) is 0 Å². The first kappa shape index (κ1) is 15.6. The first-order chi connectivity index (χ1) is 10.4. The van der Waals surface area contributed by atoms with E-state index in [0.717, 1.165) is 24.4 Å². The van der Waals surface area contributed by atoms with Crippen molar-refractivity contribution in [2.24, 2.45) is 11.3 Å². The summed E-state index contributed by atoms with van der Waals surface area (Å²) in [7, 11) is 0. The minimum absolute atomic E-state index is 0.300. The molecule has 2 N–H and O–H groups in total. The number of hydrogen-bond donors (Lipinski definition) is 2. The molecule has 0 unspecified atom stereocenters. The van der Waals surface area contributed by atoms with Gasteiger partial charge in [0.05, 0.1) is 16.8 Å². The number of anilines is 1. The SMILES string of the molecule is Cc1nc(N2CC[C@@H](O)[C@@](CC3CC3)(C(=O)O)C2)ccc1Cl. The van der Waals surface area contributed by atoms with Crippen LogP contribution in [-0.4, -0.2) is 40.4 Å². The molecule has 2 heterocycles. The number of pyridine rings is 1. The Morgan fingerprint density at radius 2 is 2.18 bits per heavy atom. The minimum atomic E-state index is -1.09. The van der Waals surface area contributed by atoms with Crippen LogP contribution < -0.4 is 4.90 Å². The zero-order chi connectivity index (χ0) is 15.9. The fourth-order valence-corrected chi connectivity index (χ4v) is 3.42. The second kappa shape index (κ2) is 5.70. The Labute approximate surface area is 134 Å². The molecule has 0 radical (unpaired) electrons. The number of aromatic nitrogens is 1. The second-order valence-electron chi connectivity index (χ2n) is 6.57. The predicted octanol–water partition coefficient (Wildman–Crippen LogP) is 2.49. The molecular weight excluding hydrogens is 304 g/mol. The molecule has 0 aromatic carbocycles. The number of nitrogens with zero attached hydrogens (tertiary/aromatic N) is 2. The number of hydrogen-bond acceptors (Lipinski definition) is 4. The molecule has 2 fully saturated rings. The third kappa shape index (κ3) is 2.79. The van der Waals surface area contributed by atoms with E-state index in [1.165, 1.54) is 0 Å². The molecule has 0 amide bonds. The number of aliphatic carboxylic acids is 1. The number of carboxylic acids is 1. The summed E-state index contributed by atoms with van der Waals surface area (Å²) in [4.78, 5) is 18.3. The summed E-state index contributed by atoms with van der Waals surface area (Å²) in [6.07, 6.45) is 2.34. The molecule has 1 aromatic heterocycles. The highest BCUT2D eigenvalue weighted by atomic mass is 35.5. The molecule has 1 aromatic rings. The van der Waals surface area contributed by atoms with Gasteiger partial charge in [0.15, 0.2) is 0 Å². The zero-order valence-electron chi connectivity index (χ0n) is 12.6. The number of aliphatic hydroxyl groups is 1. The normalized spacial score (nSPS) is 28.7. The van der Waals surface area contributed by atoms with Crippen LogP contribution in [-0.2, 0) is 4.79 Å². The largest absolute Gasteiger partial charge is 0.481 e. The highest BCUT2D eigenvalue weighted by Gasteiger charge is 2.51. The van der Waals surface area contributed by atoms with Crippen molar-refractivity contribution in [1.29, 1.82) is 0 Å². The molecule has 5 nitrogen and oxygen atoms in total. The van der Waals surface area contributed by atoms with Gasteiger partial charge in [0.1, 0.15) is 11.2 Å². The van der Waals surface area contributed by atoms with Crippen molar-refractivity contribution in [2.75, 3.05) is 18.0 Å². The quantitative estimate of drug-likeness (QED) is 0.890. The molecule has 6 heteroatoms. The molecule has 2 atom stereocenters. The lowest BCUT2D eigenvalue weighted by atomic mass is 9.73. The summed E-state index contributed by atoms with van der Waals surface area (Å²) in [6, 6.07) is 3.60. The van der Waals surface area contributed by atoms with Gasteiger partial charge in [0.25, 0.3) is 0 Å². The van der Waals surface area contributed by atoms with Gasteiger partial charge in [-0.25, -0.2) is 4.98 Å². The Bertz CT molecular complexity index is 591. The van der Waals surface area contributed by atoms with Crippen LogP contribution in [0.15, 0.2) is 12.1 Å². The van der Waals surface area contributed by atoms with Crippen molar-refractivity contribution < 1.29 is 15.0 Å². The smallest absolute Gasteiger partial charge is 0.314 e. The molecule has 1 aliphatic carbocycles. The Hall–Kier alpha value is -1.33. The van der Waals surface area contributed by atoms with Gasteiger partial charge >= 0.3 is 5.97 Å². The van der Waals surface area contributed by atoms with Crippen LogP contribution in [0.25, 0.3) is 0 Å². The molecule has 1 saturated carbocycles. The van der Waals surface area contributed by atoms with E-state index in [2.05, 4.69) is 4.98 Å². The van der Waals surface area contributed by atoms with Crippen LogP contribution >= 0.6 is 11.6 Å². The molecule has 0 spiro atoms. The Kier molecular flexibility index (Phi) is 4.03. The number of aryl methyl sites for hydroxylation is 1. The monoisotopic (exact) mass is 324 g/mol. The number of carbonyl (C=O) groups is 1. The molecule has 0 bridgehead atoms. The summed E-state index contributed by atoms with van der Waals surface area (Å²) >= 11 is 6.01. The van der Waals surface area contributed by atoms with Crippen molar-refractivity contribution in [3.05, 3.63) is 22.8 Å². The summed E-state index contributed by atoms with van der Waals surface area (Å²) in [5.74, 6) is 0.267. The van der Waals surface area contributed by atoms with Crippen LogP contribution in [0.3, 0.4) is 0 Å². The van der Waals surface area contributed by atoms with E-state index in [4.69, 9.17) is 11.6 Å². The third-order valence-electron chi connectivity index (χ3n) is 4.89.